The molecule has 0 saturated carbocycles. The van der Waals surface area contributed by atoms with Crippen LogP contribution in [-0.2, 0) is 4.74 Å². The van der Waals surface area contributed by atoms with Gasteiger partial charge >= 0.3 is 6.03 Å². The molecule has 6 heteroatoms. The van der Waals surface area contributed by atoms with E-state index in [4.69, 9.17) is 4.74 Å². The Kier molecular flexibility index (Phi) is 4.89. The second-order valence-electron chi connectivity index (χ2n) is 4.72. The highest BCUT2D eigenvalue weighted by Crippen LogP contribution is 2.18. The lowest BCUT2D eigenvalue weighted by molar-refractivity contribution is 0.0181. The highest BCUT2D eigenvalue weighted by Gasteiger charge is 2.24. The predicted octanol–water partition coefficient (Wildman–Crippen LogP) is 3.00. The monoisotopic (exact) mass is 284 g/mol. The first-order valence-corrected chi connectivity index (χ1v) is 6.72. The minimum Gasteiger partial charge on any atom is -0.377 e. The van der Waals surface area contributed by atoms with E-state index in [0.717, 1.165) is 25.0 Å². The molecule has 1 fully saturated rings. The van der Waals surface area contributed by atoms with E-state index in [2.05, 4.69) is 5.32 Å². The zero-order valence-corrected chi connectivity index (χ0v) is 11.4. The number of amides is 2. The average molecular weight is 284 g/mol. The van der Waals surface area contributed by atoms with E-state index in [1.165, 1.54) is 6.07 Å². The van der Waals surface area contributed by atoms with Gasteiger partial charge < -0.3 is 15.0 Å². The lowest BCUT2D eigenvalue weighted by Gasteiger charge is -2.32. The number of nitrogens with one attached hydrogen (secondary N) is 1. The van der Waals surface area contributed by atoms with Crippen molar-refractivity contribution in [3.8, 4) is 0 Å². The van der Waals surface area contributed by atoms with Gasteiger partial charge in [0.25, 0.3) is 0 Å². The van der Waals surface area contributed by atoms with Crippen LogP contribution < -0.4 is 5.32 Å². The van der Waals surface area contributed by atoms with Crippen molar-refractivity contribution in [2.24, 2.45) is 0 Å². The van der Waals surface area contributed by atoms with E-state index in [9.17, 15) is 13.6 Å². The van der Waals surface area contributed by atoms with Crippen LogP contribution in [0.1, 0.15) is 19.8 Å². The molecular weight excluding hydrogens is 266 g/mol. The van der Waals surface area contributed by atoms with E-state index < -0.39 is 11.6 Å². The number of carbonyl (C=O) groups is 1. The average Bonchev–Trinajstić information content (AvgIpc) is 2.42. The zero-order valence-electron chi connectivity index (χ0n) is 11.4. The fraction of sp³-hybridized carbons (Fsp3) is 0.500. The minimum atomic E-state index is -0.781. The van der Waals surface area contributed by atoms with Crippen LogP contribution in [0, 0.1) is 11.6 Å². The van der Waals surface area contributed by atoms with Crippen LogP contribution in [0.3, 0.4) is 0 Å². The molecule has 1 atom stereocenters. The maximum atomic E-state index is 13.5. The SMILES string of the molecule is CCOC1CCCN(C(=O)Nc2ccc(F)cc2F)C1. The van der Waals surface area contributed by atoms with Crippen LogP contribution >= 0.6 is 0 Å². The maximum absolute atomic E-state index is 13.5. The van der Waals surface area contributed by atoms with E-state index in [0.29, 0.717) is 19.7 Å². The van der Waals surface area contributed by atoms with Crippen molar-refractivity contribution in [2.75, 3.05) is 25.0 Å². The Morgan fingerprint density at radius 1 is 1.50 bits per heavy atom. The molecule has 20 heavy (non-hydrogen) atoms. The summed E-state index contributed by atoms with van der Waals surface area (Å²) < 4.78 is 31.8. The Labute approximate surface area is 116 Å². The molecule has 0 radical (unpaired) electrons. The van der Waals surface area contributed by atoms with Crippen molar-refractivity contribution >= 4 is 11.7 Å². The van der Waals surface area contributed by atoms with Gasteiger partial charge in [0.05, 0.1) is 11.8 Å². The summed E-state index contributed by atoms with van der Waals surface area (Å²) >= 11 is 0. The van der Waals surface area contributed by atoms with Gasteiger partial charge in [0, 0.05) is 25.8 Å². The van der Waals surface area contributed by atoms with Crippen molar-refractivity contribution in [2.45, 2.75) is 25.9 Å². The number of piperidine rings is 1. The summed E-state index contributed by atoms with van der Waals surface area (Å²) in [5.41, 5.74) is -0.0186. The van der Waals surface area contributed by atoms with Gasteiger partial charge in [-0.1, -0.05) is 0 Å². The van der Waals surface area contributed by atoms with Crippen molar-refractivity contribution in [1.29, 1.82) is 0 Å². The molecule has 1 N–H and O–H groups in total. The molecule has 0 aliphatic carbocycles. The van der Waals surface area contributed by atoms with Crippen molar-refractivity contribution < 1.29 is 18.3 Å². The second-order valence-corrected chi connectivity index (χ2v) is 4.72. The number of hydrogen-bond donors (Lipinski definition) is 1. The number of ether oxygens (including phenoxy) is 1. The molecule has 1 saturated heterocycles. The Bertz CT molecular complexity index is 480. The molecule has 4 nitrogen and oxygen atoms in total. The van der Waals surface area contributed by atoms with Crippen LogP contribution in [0.25, 0.3) is 0 Å². The van der Waals surface area contributed by atoms with Gasteiger partial charge in [-0.05, 0) is 31.9 Å². The van der Waals surface area contributed by atoms with Crippen LogP contribution in [0.5, 0.6) is 0 Å². The minimum absolute atomic E-state index is 0.0186. The van der Waals surface area contributed by atoms with Gasteiger partial charge in [-0.2, -0.15) is 0 Å². The van der Waals surface area contributed by atoms with Gasteiger partial charge in [-0.3, -0.25) is 0 Å². The third kappa shape index (κ3) is 3.66. The van der Waals surface area contributed by atoms with Gasteiger partial charge in [0.15, 0.2) is 0 Å². The molecule has 1 aliphatic heterocycles. The van der Waals surface area contributed by atoms with Crippen LogP contribution in [0.15, 0.2) is 18.2 Å². The number of likely N-dealkylation sites (tertiary alicyclic amines) is 1. The molecule has 1 aliphatic rings. The molecule has 2 rings (SSSR count). The summed E-state index contributed by atoms with van der Waals surface area (Å²) in [5.74, 6) is -1.45. The summed E-state index contributed by atoms with van der Waals surface area (Å²) in [4.78, 5) is 13.6. The maximum Gasteiger partial charge on any atom is 0.322 e. The smallest absolute Gasteiger partial charge is 0.322 e. The molecule has 1 unspecified atom stereocenters. The van der Waals surface area contributed by atoms with E-state index in [1.807, 2.05) is 6.92 Å². The first-order valence-electron chi connectivity index (χ1n) is 6.72. The zero-order chi connectivity index (χ0) is 14.5. The number of urea groups is 1. The second kappa shape index (κ2) is 6.65. The number of nitrogens with zero attached hydrogens (tertiary/aromatic N) is 1. The molecule has 0 bridgehead atoms. The van der Waals surface area contributed by atoms with Gasteiger partial charge in [0.2, 0.25) is 0 Å². The summed E-state index contributed by atoms with van der Waals surface area (Å²) in [6.07, 6.45) is 1.80. The van der Waals surface area contributed by atoms with Gasteiger partial charge in [-0.15, -0.1) is 0 Å². The van der Waals surface area contributed by atoms with E-state index in [-0.39, 0.29) is 17.8 Å². The number of rotatable bonds is 3. The molecule has 0 aromatic heterocycles. The van der Waals surface area contributed by atoms with Crippen LogP contribution in [0.2, 0.25) is 0 Å². The Morgan fingerprint density at radius 3 is 3.00 bits per heavy atom. The third-order valence-electron chi connectivity index (χ3n) is 3.24. The van der Waals surface area contributed by atoms with E-state index in [1.54, 1.807) is 4.90 Å². The normalized spacial score (nSPS) is 18.9. The van der Waals surface area contributed by atoms with Crippen molar-refractivity contribution in [1.82, 2.24) is 4.90 Å². The Hall–Kier alpha value is -1.69. The standard InChI is InChI=1S/C14H18F2N2O2/c1-2-20-11-4-3-7-18(9-11)14(19)17-13-6-5-10(15)8-12(13)16/h5-6,8,11H,2-4,7,9H2,1H3,(H,17,19). The summed E-state index contributed by atoms with van der Waals surface area (Å²) in [7, 11) is 0. The van der Waals surface area contributed by atoms with Crippen molar-refractivity contribution in [3.63, 3.8) is 0 Å². The molecule has 2 amide bonds. The lowest BCUT2D eigenvalue weighted by Crippen LogP contribution is -2.45. The largest absolute Gasteiger partial charge is 0.377 e. The van der Waals surface area contributed by atoms with Gasteiger partial charge in [-0.25, -0.2) is 13.6 Å². The van der Waals surface area contributed by atoms with E-state index >= 15 is 0 Å². The number of hydrogen-bond acceptors (Lipinski definition) is 2. The van der Waals surface area contributed by atoms with Crippen LogP contribution in [-0.4, -0.2) is 36.7 Å². The first kappa shape index (κ1) is 14.7. The molecular formula is C14H18F2N2O2. The Morgan fingerprint density at radius 2 is 2.30 bits per heavy atom. The number of carbonyl (C=O) groups excluding carboxylic acids is 1. The molecule has 1 aromatic rings. The molecule has 1 heterocycles. The summed E-state index contributed by atoms with van der Waals surface area (Å²) in [6.45, 7) is 3.61. The third-order valence-corrected chi connectivity index (χ3v) is 3.24. The fourth-order valence-corrected chi connectivity index (χ4v) is 2.28. The number of halogens is 2. The molecule has 1 aromatic carbocycles. The van der Waals surface area contributed by atoms with Gasteiger partial charge in [0.1, 0.15) is 11.6 Å². The molecule has 0 spiro atoms. The molecule has 110 valence electrons. The summed E-state index contributed by atoms with van der Waals surface area (Å²) in [6, 6.07) is 2.68. The van der Waals surface area contributed by atoms with Crippen molar-refractivity contribution in [3.05, 3.63) is 29.8 Å². The first-order chi connectivity index (χ1) is 9.60. The topological polar surface area (TPSA) is 41.6 Å². The predicted molar refractivity (Wildman–Crippen MR) is 71.6 cm³/mol. The number of anilines is 1. The quantitative estimate of drug-likeness (QED) is 0.927. The lowest BCUT2D eigenvalue weighted by atomic mass is 10.1. The highest BCUT2D eigenvalue weighted by molar-refractivity contribution is 5.89. The Balaban J connectivity index is 1.97. The fourth-order valence-electron chi connectivity index (χ4n) is 2.28. The summed E-state index contributed by atoms with van der Waals surface area (Å²) in [5, 5.41) is 2.46. The van der Waals surface area contributed by atoms with Crippen LogP contribution in [0.4, 0.5) is 19.3 Å². The highest BCUT2D eigenvalue weighted by atomic mass is 19.1. The number of benzene rings is 1.